The van der Waals surface area contributed by atoms with Crippen molar-refractivity contribution in [3.05, 3.63) is 23.8 Å². The Bertz CT molecular complexity index is 676. The molecule has 4 rings (SSSR count). The average Bonchev–Trinajstić information content (AvgIpc) is 3.17. The SMILES string of the molecule is O=C(Nc1ccc2c(c1)CCO2)N1CCCC(N2CCCC2=O)CC1. The molecule has 1 unspecified atom stereocenters. The average molecular weight is 343 g/mol. The van der Waals surface area contributed by atoms with Crippen LogP contribution in [0.15, 0.2) is 18.2 Å². The number of hydrogen-bond acceptors (Lipinski definition) is 3. The molecule has 3 heterocycles. The number of nitrogens with one attached hydrogen (secondary N) is 1. The molecule has 0 aliphatic carbocycles. The number of anilines is 1. The Labute approximate surface area is 148 Å². The number of benzene rings is 1. The fourth-order valence-corrected chi connectivity index (χ4v) is 4.12. The van der Waals surface area contributed by atoms with Crippen molar-refractivity contribution in [1.29, 1.82) is 0 Å². The molecule has 0 saturated carbocycles. The van der Waals surface area contributed by atoms with Crippen LogP contribution in [0.1, 0.15) is 37.7 Å². The molecule has 0 bridgehead atoms. The number of nitrogens with zero attached hydrogens (tertiary/aromatic N) is 2. The van der Waals surface area contributed by atoms with Crippen molar-refractivity contribution in [3.63, 3.8) is 0 Å². The minimum atomic E-state index is -0.0488. The monoisotopic (exact) mass is 343 g/mol. The van der Waals surface area contributed by atoms with Crippen LogP contribution in [0.2, 0.25) is 0 Å². The van der Waals surface area contributed by atoms with Gasteiger partial charge in [0, 0.05) is 44.2 Å². The lowest BCUT2D eigenvalue weighted by molar-refractivity contribution is -0.129. The first kappa shape index (κ1) is 16.2. The third-order valence-corrected chi connectivity index (χ3v) is 5.48. The van der Waals surface area contributed by atoms with Crippen LogP contribution < -0.4 is 10.1 Å². The molecule has 6 heteroatoms. The quantitative estimate of drug-likeness (QED) is 0.898. The highest BCUT2D eigenvalue weighted by molar-refractivity contribution is 5.89. The van der Waals surface area contributed by atoms with Crippen molar-refractivity contribution < 1.29 is 14.3 Å². The summed E-state index contributed by atoms with van der Waals surface area (Å²) in [6.07, 6.45) is 5.36. The van der Waals surface area contributed by atoms with Crippen LogP contribution in [0, 0.1) is 0 Å². The van der Waals surface area contributed by atoms with Crippen LogP contribution in [0.4, 0.5) is 10.5 Å². The summed E-state index contributed by atoms with van der Waals surface area (Å²) < 4.78 is 5.51. The third-order valence-electron chi connectivity index (χ3n) is 5.48. The molecule has 0 aromatic heterocycles. The number of rotatable bonds is 2. The van der Waals surface area contributed by atoms with Gasteiger partial charge in [-0.3, -0.25) is 4.79 Å². The molecule has 2 fully saturated rings. The van der Waals surface area contributed by atoms with Gasteiger partial charge in [-0.15, -0.1) is 0 Å². The molecule has 1 N–H and O–H groups in total. The van der Waals surface area contributed by atoms with Crippen LogP contribution in [0.3, 0.4) is 0 Å². The maximum absolute atomic E-state index is 12.6. The predicted molar refractivity (Wildman–Crippen MR) is 94.8 cm³/mol. The molecule has 25 heavy (non-hydrogen) atoms. The molecule has 1 aromatic carbocycles. The second kappa shape index (κ2) is 6.94. The Morgan fingerprint density at radius 1 is 1.12 bits per heavy atom. The molecular weight excluding hydrogens is 318 g/mol. The van der Waals surface area contributed by atoms with E-state index in [0.29, 0.717) is 19.0 Å². The number of ether oxygens (including phenoxy) is 1. The molecule has 134 valence electrons. The summed E-state index contributed by atoms with van der Waals surface area (Å²) in [5.41, 5.74) is 1.98. The maximum Gasteiger partial charge on any atom is 0.321 e. The molecule has 2 saturated heterocycles. The van der Waals surface area contributed by atoms with E-state index in [2.05, 4.69) is 5.32 Å². The number of carbonyl (C=O) groups is 2. The van der Waals surface area contributed by atoms with E-state index in [1.54, 1.807) is 0 Å². The van der Waals surface area contributed by atoms with Crippen molar-refractivity contribution in [2.45, 2.75) is 44.6 Å². The zero-order valence-corrected chi connectivity index (χ0v) is 14.5. The molecule has 1 atom stereocenters. The van der Waals surface area contributed by atoms with Crippen LogP contribution in [-0.4, -0.2) is 54.0 Å². The topological polar surface area (TPSA) is 61.9 Å². The summed E-state index contributed by atoms with van der Waals surface area (Å²) in [7, 11) is 0. The van der Waals surface area contributed by atoms with Gasteiger partial charge < -0.3 is 19.9 Å². The van der Waals surface area contributed by atoms with E-state index in [1.807, 2.05) is 28.0 Å². The smallest absolute Gasteiger partial charge is 0.321 e. The van der Waals surface area contributed by atoms with E-state index in [1.165, 1.54) is 0 Å². The second-order valence-electron chi connectivity index (χ2n) is 7.11. The van der Waals surface area contributed by atoms with E-state index in [-0.39, 0.29) is 11.9 Å². The van der Waals surface area contributed by atoms with Gasteiger partial charge in [0.15, 0.2) is 0 Å². The van der Waals surface area contributed by atoms with Crippen molar-refractivity contribution >= 4 is 17.6 Å². The highest BCUT2D eigenvalue weighted by Gasteiger charge is 2.30. The van der Waals surface area contributed by atoms with E-state index in [4.69, 9.17) is 4.74 Å². The van der Waals surface area contributed by atoms with Crippen molar-refractivity contribution in [2.24, 2.45) is 0 Å². The van der Waals surface area contributed by atoms with Crippen molar-refractivity contribution in [2.75, 3.05) is 31.6 Å². The Morgan fingerprint density at radius 3 is 2.88 bits per heavy atom. The zero-order valence-electron chi connectivity index (χ0n) is 14.5. The lowest BCUT2D eigenvalue weighted by Crippen LogP contribution is -2.38. The molecule has 0 spiro atoms. The summed E-state index contributed by atoms with van der Waals surface area (Å²) >= 11 is 0. The van der Waals surface area contributed by atoms with Crippen molar-refractivity contribution in [3.8, 4) is 5.75 Å². The Kier molecular flexibility index (Phi) is 4.51. The maximum atomic E-state index is 12.6. The van der Waals surface area contributed by atoms with Gasteiger partial charge in [0.25, 0.3) is 0 Å². The molecule has 3 amide bonds. The molecule has 1 aromatic rings. The first-order valence-corrected chi connectivity index (χ1v) is 9.32. The van der Waals surface area contributed by atoms with Crippen LogP contribution >= 0.6 is 0 Å². The van der Waals surface area contributed by atoms with Gasteiger partial charge in [-0.1, -0.05) is 0 Å². The number of urea groups is 1. The lowest BCUT2D eigenvalue weighted by Gasteiger charge is -2.27. The Morgan fingerprint density at radius 2 is 2.04 bits per heavy atom. The van der Waals surface area contributed by atoms with Gasteiger partial charge >= 0.3 is 6.03 Å². The van der Waals surface area contributed by atoms with Crippen molar-refractivity contribution in [1.82, 2.24) is 9.80 Å². The minimum Gasteiger partial charge on any atom is -0.493 e. The highest BCUT2D eigenvalue weighted by Crippen LogP contribution is 2.28. The van der Waals surface area contributed by atoms with Gasteiger partial charge in [-0.05, 0) is 49.4 Å². The van der Waals surface area contributed by atoms with Gasteiger partial charge in [0.1, 0.15) is 5.75 Å². The number of carbonyl (C=O) groups excluding carboxylic acids is 2. The summed E-state index contributed by atoms with van der Waals surface area (Å²) in [4.78, 5) is 28.5. The van der Waals surface area contributed by atoms with Crippen LogP contribution in [0.5, 0.6) is 5.75 Å². The summed E-state index contributed by atoms with van der Waals surface area (Å²) in [5.74, 6) is 1.20. The first-order chi connectivity index (χ1) is 12.2. The zero-order chi connectivity index (χ0) is 17.2. The fraction of sp³-hybridized carbons (Fsp3) is 0.579. The summed E-state index contributed by atoms with van der Waals surface area (Å²) in [6, 6.07) is 6.07. The largest absolute Gasteiger partial charge is 0.493 e. The molecule has 6 nitrogen and oxygen atoms in total. The van der Waals surface area contributed by atoms with E-state index < -0.39 is 0 Å². The highest BCUT2D eigenvalue weighted by atomic mass is 16.5. The number of fused-ring (bicyclic) bond motifs is 1. The molecular formula is C19H25N3O3. The van der Waals surface area contributed by atoms with Crippen LogP contribution in [0.25, 0.3) is 0 Å². The van der Waals surface area contributed by atoms with Gasteiger partial charge in [0.05, 0.1) is 6.61 Å². The second-order valence-corrected chi connectivity index (χ2v) is 7.11. The summed E-state index contributed by atoms with van der Waals surface area (Å²) in [6.45, 7) is 3.05. The molecule has 3 aliphatic heterocycles. The first-order valence-electron chi connectivity index (χ1n) is 9.32. The van der Waals surface area contributed by atoms with Gasteiger partial charge in [0.2, 0.25) is 5.91 Å². The lowest BCUT2D eigenvalue weighted by atomic mass is 10.1. The fourth-order valence-electron chi connectivity index (χ4n) is 4.12. The van der Waals surface area contributed by atoms with E-state index in [0.717, 1.165) is 68.8 Å². The molecule has 3 aliphatic rings. The van der Waals surface area contributed by atoms with Gasteiger partial charge in [-0.25, -0.2) is 4.79 Å². The van der Waals surface area contributed by atoms with Crippen LogP contribution in [-0.2, 0) is 11.2 Å². The normalized spacial score (nSPS) is 23.2. The summed E-state index contributed by atoms with van der Waals surface area (Å²) in [5, 5.41) is 3.01. The predicted octanol–water partition coefficient (Wildman–Crippen LogP) is 2.63. The van der Waals surface area contributed by atoms with E-state index >= 15 is 0 Å². The standard InChI is InChI=1S/C19H25N3O3/c23-18-4-2-10-22(18)16-3-1-9-21(11-7-16)19(24)20-15-5-6-17-14(13-15)8-12-25-17/h5-6,13,16H,1-4,7-12H2,(H,20,24). The number of hydrogen-bond donors (Lipinski definition) is 1. The Hall–Kier alpha value is -2.24. The Balaban J connectivity index is 1.35. The number of likely N-dealkylation sites (tertiary alicyclic amines) is 2. The molecule has 0 radical (unpaired) electrons. The van der Waals surface area contributed by atoms with E-state index in [9.17, 15) is 9.59 Å². The number of amides is 3. The third kappa shape index (κ3) is 3.43. The minimum absolute atomic E-state index is 0.0488. The van der Waals surface area contributed by atoms with Gasteiger partial charge in [-0.2, -0.15) is 0 Å².